The summed E-state index contributed by atoms with van der Waals surface area (Å²) in [6, 6.07) is 14.2. The number of rotatable bonds is 6. The predicted molar refractivity (Wildman–Crippen MR) is 110 cm³/mol. The van der Waals surface area contributed by atoms with E-state index in [1.54, 1.807) is 0 Å². The monoisotopic (exact) mass is 402 g/mol. The van der Waals surface area contributed by atoms with Gasteiger partial charge in [0.25, 0.3) is 0 Å². The third-order valence-corrected chi connectivity index (χ3v) is 5.37. The molecule has 0 aromatic heterocycles. The third-order valence-electron chi connectivity index (χ3n) is 5.00. The second-order valence-electron chi connectivity index (χ2n) is 7.16. The highest BCUT2D eigenvalue weighted by molar-refractivity contribution is 6.31. The predicted octanol–water partition coefficient (Wildman–Crippen LogP) is 5.50. The van der Waals surface area contributed by atoms with Crippen LogP contribution in [0.5, 0.6) is 5.75 Å². The molecule has 4 nitrogen and oxygen atoms in total. The second-order valence-corrected chi connectivity index (χ2v) is 7.57. The minimum atomic E-state index is -0.261. The summed E-state index contributed by atoms with van der Waals surface area (Å²) in [6.07, 6.45) is 2.03. The molecule has 1 heterocycles. The van der Waals surface area contributed by atoms with Crippen LogP contribution >= 0.6 is 11.6 Å². The number of ether oxygens (including phenoxy) is 3. The summed E-state index contributed by atoms with van der Waals surface area (Å²) in [5.41, 5.74) is 3.36. The zero-order valence-electron chi connectivity index (χ0n) is 16.6. The fourth-order valence-corrected chi connectivity index (χ4v) is 3.78. The maximum Gasteiger partial charge on any atom is 0.302 e. The fourth-order valence-electron chi connectivity index (χ4n) is 3.60. The van der Waals surface area contributed by atoms with Crippen molar-refractivity contribution in [3.05, 3.63) is 64.2 Å². The van der Waals surface area contributed by atoms with Crippen LogP contribution in [0.1, 0.15) is 56.4 Å². The molecule has 3 atom stereocenters. The Balaban J connectivity index is 1.70. The van der Waals surface area contributed by atoms with E-state index < -0.39 is 0 Å². The van der Waals surface area contributed by atoms with Crippen LogP contribution in [0.3, 0.4) is 0 Å². The van der Waals surface area contributed by atoms with Gasteiger partial charge in [0.05, 0.1) is 18.8 Å². The number of carbonyl (C=O) groups is 1. The molecule has 0 aliphatic carbocycles. The first kappa shape index (κ1) is 20.7. The molecule has 0 spiro atoms. The standard InChI is InChI=1S/C23H27ClO4/c1-4-26-20-8-5-17(6-9-20)13-19-14-18(7-10-21(19)24)23-12-11-22(15(2)27-23)28-16(3)25/h5-10,14-15,22-23H,4,11-13H2,1-3H3. The highest BCUT2D eigenvalue weighted by Gasteiger charge is 2.31. The average Bonchev–Trinajstić information content (AvgIpc) is 2.66. The maximum absolute atomic E-state index is 11.2. The molecule has 3 unspecified atom stereocenters. The molecular formula is C23H27ClO4. The second kappa shape index (κ2) is 9.44. The molecule has 1 fully saturated rings. The third kappa shape index (κ3) is 5.27. The summed E-state index contributed by atoms with van der Waals surface area (Å²) in [5.74, 6) is 0.612. The number of carbonyl (C=O) groups excluding carboxylic acids is 1. The lowest BCUT2D eigenvalue weighted by Crippen LogP contribution is -2.36. The summed E-state index contributed by atoms with van der Waals surface area (Å²) in [4.78, 5) is 11.2. The van der Waals surface area contributed by atoms with Crippen molar-refractivity contribution in [3.63, 3.8) is 0 Å². The van der Waals surface area contributed by atoms with Crippen molar-refractivity contribution in [2.45, 2.75) is 58.3 Å². The molecule has 0 radical (unpaired) electrons. The van der Waals surface area contributed by atoms with E-state index in [1.165, 1.54) is 12.5 Å². The molecule has 1 aliphatic rings. The number of halogens is 1. The molecule has 0 bridgehead atoms. The number of hydrogen-bond acceptors (Lipinski definition) is 4. The van der Waals surface area contributed by atoms with Crippen molar-refractivity contribution in [3.8, 4) is 5.75 Å². The van der Waals surface area contributed by atoms with E-state index in [9.17, 15) is 4.79 Å². The van der Waals surface area contributed by atoms with Crippen molar-refractivity contribution < 1.29 is 19.0 Å². The van der Waals surface area contributed by atoms with Gasteiger partial charge in [-0.3, -0.25) is 4.79 Å². The molecule has 0 amide bonds. The van der Waals surface area contributed by atoms with E-state index in [4.69, 9.17) is 25.8 Å². The Morgan fingerprint density at radius 2 is 1.93 bits per heavy atom. The van der Waals surface area contributed by atoms with Gasteiger partial charge >= 0.3 is 5.97 Å². The van der Waals surface area contributed by atoms with E-state index in [-0.39, 0.29) is 24.3 Å². The lowest BCUT2D eigenvalue weighted by Gasteiger charge is -2.34. The number of esters is 1. The molecule has 1 aliphatic heterocycles. The van der Waals surface area contributed by atoms with Gasteiger partial charge in [0, 0.05) is 11.9 Å². The van der Waals surface area contributed by atoms with Crippen LogP contribution in [0, 0.1) is 0 Å². The lowest BCUT2D eigenvalue weighted by atomic mass is 9.94. The van der Waals surface area contributed by atoms with Crippen molar-refractivity contribution >= 4 is 17.6 Å². The van der Waals surface area contributed by atoms with E-state index in [0.717, 1.165) is 41.2 Å². The molecule has 150 valence electrons. The van der Waals surface area contributed by atoms with Gasteiger partial charge in [0.2, 0.25) is 0 Å². The summed E-state index contributed by atoms with van der Waals surface area (Å²) in [7, 11) is 0. The first-order valence-corrected chi connectivity index (χ1v) is 10.2. The van der Waals surface area contributed by atoms with Crippen LogP contribution in [0.15, 0.2) is 42.5 Å². The Morgan fingerprint density at radius 3 is 2.57 bits per heavy atom. The van der Waals surface area contributed by atoms with Gasteiger partial charge in [0.15, 0.2) is 0 Å². The topological polar surface area (TPSA) is 44.8 Å². The van der Waals surface area contributed by atoms with Crippen LogP contribution in [0.2, 0.25) is 5.02 Å². The molecule has 1 saturated heterocycles. The SMILES string of the molecule is CCOc1ccc(Cc2cc(C3CCC(OC(C)=O)C(C)O3)ccc2Cl)cc1. The van der Waals surface area contributed by atoms with Crippen LogP contribution in [-0.2, 0) is 20.7 Å². The summed E-state index contributed by atoms with van der Waals surface area (Å²) < 4.78 is 17.0. The van der Waals surface area contributed by atoms with Crippen molar-refractivity contribution in [2.75, 3.05) is 6.61 Å². The molecule has 5 heteroatoms. The summed E-state index contributed by atoms with van der Waals surface area (Å²) in [5, 5.41) is 0.749. The van der Waals surface area contributed by atoms with Crippen molar-refractivity contribution in [1.82, 2.24) is 0 Å². The number of benzene rings is 2. The van der Waals surface area contributed by atoms with Crippen LogP contribution in [-0.4, -0.2) is 24.8 Å². The molecule has 3 rings (SSSR count). The smallest absolute Gasteiger partial charge is 0.302 e. The van der Waals surface area contributed by atoms with E-state index in [0.29, 0.717) is 6.61 Å². The van der Waals surface area contributed by atoms with Gasteiger partial charge in [-0.15, -0.1) is 0 Å². The van der Waals surface area contributed by atoms with Gasteiger partial charge in [-0.25, -0.2) is 0 Å². The lowest BCUT2D eigenvalue weighted by molar-refractivity contribution is -0.167. The highest BCUT2D eigenvalue weighted by atomic mass is 35.5. The van der Waals surface area contributed by atoms with Crippen LogP contribution in [0.25, 0.3) is 0 Å². The molecule has 2 aromatic carbocycles. The van der Waals surface area contributed by atoms with E-state index >= 15 is 0 Å². The normalized spacial score (nSPS) is 21.9. The van der Waals surface area contributed by atoms with Gasteiger partial charge in [-0.1, -0.05) is 35.9 Å². The quantitative estimate of drug-likeness (QED) is 0.598. The summed E-state index contributed by atoms with van der Waals surface area (Å²) >= 11 is 6.45. The van der Waals surface area contributed by atoms with E-state index in [1.807, 2.05) is 38.1 Å². The van der Waals surface area contributed by atoms with Crippen molar-refractivity contribution in [1.29, 1.82) is 0 Å². The van der Waals surface area contributed by atoms with Gasteiger partial charge < -0.3 is 14.2 Å². The Kier molecular flexibility index (Phi) is 6.97. The minimum Gasteiger partial charge on any atom is -0.494 e. The molecule has 0 saturated carbocycles. The fraction of sp³-hybridized carbons (Fsp3) is 0.435. The maximum atomic E-state index is 11.2. The Labute approximate surface area is 171 Å². The Hall–Kier alpha value is -2.04. The Bertz CT molecular complexity index is 803. The average molecular weight is 403 g/mol. The molecule has 0 N–H and O–H groups in total. The molecular weight excluding hydrogens is 376 g/mol. The van der Waals surface area contributed by atoms with Crippen LogP contribution < -0.4 is 4.74 Å². The zero-order valence-corrected chi connectivity index (χ0v) is 17.4. The molecule has 2 aromatic rings. The first-order chi connectivity index (χ1) is 13.5. The van der Waals surface area contributed by atoms with Crippen molar-refractivity contribution in [2.24, 2.45) is 0 Å². The largest absolute Gasteiger partial charge is 0.494 e. The Morgan fingerprint density at radius 1 is 1.18 bits per heavy atom. The van der Waals surface area contributed by atoms with Gasteiger partial charge in [-0.2, -0.15) is 0 Å². The first-order valence-electron chi connectivity index (χ1n) is 9.79. The van der Waals surface area contributed by atoms with E-state index in [2.05, 4.69) is 18.2 Å². The number of hydrogen-bond donors (Lipinski definition) is 0. The zero-order chi connectivity index (χ0) is 20.1. The minimum absolute atomic E-state index is 0.0156. The summed E-state index contributed by atoms with van der Waals surface area (Å²) in [6.45, 7) is 6.02. The molecule has 28 heavy (non-hydrogen) atoms. The van der Waals surface area contributed by atoms with Gasteiger partial charge in [-0.05, 0) is 68.0 Å². The highest BCUT2D eigenvalue weighted by Crippen LogP contribution is 2.34. The van der Waals surface area contributed by atoms with Gasteiger partial charge in [0.1, 0.15) is 11.9 Å². The van der Waals surface area contributed by atoms with Crippen LogP contribution in [0.4, 0.5) is 0 Å².